The van der Waals surface area contributed by atoms with E-state index < -0.39 is 0 Å². The Morgan fingerprint density at radius 3 is 2.78 bits per heavy atom. The van der Waals surface area contributed by atoms with Gasteiger partial charge in [0.1, 0.15) is 0 Å². The van der Waals surface area contributed by atoms with Crippen molar-refractivity contribution in [3.8, 4) is 0 Å². The molecule has 1 aromatic heterocycles. The van der Waals surface area contributed by atoms with E-state index >= 15 is 0 Å². The first-order chi connectivity index (χ1) is 11.1. The number of hydrogen-bond donors (Lipinski definition) is 2. The van der Waals surface area contributed by atoms with Crippen LogP contribution in [0.2, 0.25) is 0 Å². The summed E-state index contributed by atoms with van der Waals surface area (Å²) < 4.78 is 2.21. The zero-order chi connectivity index (χ0) is 16.2. The number of aromatic nitrogens is 1. The maximum atomic E-state index is 12.6. The van der Waals surface area contributed by atoms with E-state index in [4.69, 9.17) is 0 Å². The van der Waals surface area contributed by atoms with Gasteiger partial charge in [-0.2, -0.15) is 0 Å². The third kappa shape index (κ3) is 3.64. The summed E-state index contributed by atoms with van der Waals surface area (Å²) in [6.07, 6.45) is 2.18. The number of aryl methyl sites for hydroxylation is 1. The van der Waals surface area contributed by atoms with Crippen LogP contribution in [0.5, 0.6) is 0 Å². The Labute approximate surface area is 137 Å². The standard InChI is InChI=1S/C19H25N3O/c1-14-11-18(19(23)21-17-9-6-10-20-12-17)15(2)22(14)13-16-7-4-3-5-8-16/h3-5,7-8,11,17,20H,6,9-10,12-13H2,1-2H3,(H,21,23). The van der Waals surface area contributed by atoms with E-state index in [1.807, 2.05) is 31.2 Å². The lowest BCUT2D eigenvalue weighted by Crippen LogP contribution is -2.45. The molecular formula is C19H25N3O. The Morgan fingerprint density at radius 2 is 2.09 bits per heavy atom. The molecule has 1 aromatic carbocycles. The number of piperidine rings is 1. The average Bonchev–Trinajstić information content (AvgIpc) is 2.85. The summed E-state index contributed by atoms with van der Waals surface area (Å²) in [5.74, 6) is 0.0473. The zero-order valence-electron chi connectivity index (χ0n) is 13.9. The van der Waals surface area contributed by atoms with Crippen molar-refractivity contribution in [2.75, 3.05) is 13.1 Å². The van der Waals surface area contributed by atoms with Crippen molar-refractivity contribution in [2.45, 2.75) is 39.3 Å². The van der Waals surface area contributed by atoms with Crippen molar-refractivity contribution in [3.63, 3.8) is 0 Å². The predicted molar refractivity (Wildman–Crippen MR) is 92.8 cm³/mol. The molecule has 2 N–H and O–H groups in total. The predicted octanol–water partition coefficient (Wildman–Crippen LogP) is 2.64. The van der Waals surface area contributed by atoms with E-state index in [9.17, 15) is 4.79 Å². The van der Waals surface area contributed by atoms with Crippen LogP contribution in [-0.2, 0) is 6.54 Å². The van der Waals surface area contributed by atoms with Crippen LogP contribution in [0.3, 0.4) is 0 Å². The smallest absolute Gasteiger partial charge is 0.253 e. The Bertz CT molecular complexity index is 669. The average molecular weight is 311 g/mol. The second-order valence-corrected chi connectivity index (χ2v) is 6.37. The van der Waals surface area contributed by atoms with Gasteiger partial charge in [0.15, 0.2) is 0 Å². The highest BCUT2D eigenvalue weighted by molar-refractivity contribution is 5.95. The number of nitrogens with one attached hydrogen (secondary N) is 2. The molecule has 3 rings (SSSR count). The number of carbonyl (C=O) groups is 1. The van der Waals surface area contributed by atoms with Gasteiger partial charge < -0.3 is 15.2 Å². The molecule has 1 amide bonds. The minimum atomic E-state index is 0.0473. The Balaban J connectivity index is 1.75. The number of benzene rings is 1. The third-order valence-corrected chi connectivity index (χ3v) is 4.63. The highest BCUT2D eigenvalue weighted by Gasteiger charge is 2.20. The summed E-state index contributed by atoms with van der Waals surface area (Å²) in [5.41, 5.74) is 4.20. The van der Waals surface area contributed by atoms with Crippen LogP contribution in [0.1, 0.15) is 40.2 Å². The lowest BCUT2D eigenvalue weighted by molar-refractivity contribution is 0.0930. The van der Waals surface area contributed by atoms with Crippen LogP contribution in [0, 0.1) is 13.8 Å². The second kappa shape index (κ2) is 7.01. The molecule has 1 unspecified atom stereocenters. The van der Waals surface area contributed by atoms with Crippen LogP contribution in [0.4, 0.5) is 0 Å². The minimum absolute atomic E-state index is 0.0473. The highest BCUT2D eigenvalue weighted by Crippen LogP contribution is 2.17. The number of carbonyl (C=O) groups excluding carboxylic acids is 1. The molecule has 4 nitrogen and oxygen atoms in total. The van der Waals surface area contributed by atoms with Crippen molar-refractivity contribution < 1.29 is 4.79 Å². The van der Waals surface area contributed by atoms with Gasteiger partial charge in [0.2, 0.25) is 0 Å². The first-order valence-corrected chi connectivity index (χ1v) is 8.37. The molecule has 122 valence electrons. The molecule has 0 aliphatic carbocycles. The molecule has 4 heteroatoms. The van der Waals surface area contributed by atoms with Gasteiger partial charge in [-0.3, -0.25) is 4.79 Å². The number of hydrogen-bond acceptors (Lipinski definition) is 2. The van der Waals surface area contributed by atoms with E-state index in [-0.39, 0.29) is 11.9 Å². The van der Waals surface area contributed by atoms with Gasteiger partial charge in [-0.25, -0.2) is 0 Å². The van der Waals surface area contributed by atoms with Crippen molar-refractivity contribution in [3.05, 3.63) is 58.9 Å². The normalized spacial score (nSPS) is 17.9. The quantitative estimate of drug-likeness (QED) is 0.912. The van der Waals surface area contributed by atoms with Crippen molar-refractivity contribution in [1.82, 2.24) is 15.2 Å². The van der Waals surface area contributed by atoms with E-state index in [1.165, 1.54) is 5.56 Å². The van der Waals surface area contributed by atoms with Crippen molar-refractivity contribution in [2.24, 2.45) is 0 Å². The molecule has 1 saturated heterocycles. The molecule has 1 aliphatic heterocycles. The molecule has 0 bridgehead atoms. The summed E-state index contributed by atoms with van der Waals surface area (Å²) >= 11 is 0. The van der Waals surface area contributed by atoms with Gasteiger partial charge in [-0.1, -0.05) is 30.3 Å². The second-order valence-electron chi connectivity index (χ2n) is 6.37. The number of rotatable bonds is 4. The van der Waals surface area contributed by atoms with E-state index in [2.05, 4.69) is 34.3 Å². The fourth-order valence-corrected chi connectivity index (χ4v) is 3.28. The fraction of sp³-hybridized carbons (Fsp3) is 0.421. The topological polar surface area (TPSA) is 46.1 Å². The monoisotopic (exact) mass is 311 g/mol. The molecular weight excluding hydrogens is 286 g/mol. The lowest BCUT2D eigenvalue weighted by Gasteiger charge is -2.23. The molecule has 0 spiro atoms. The summed E-state index contributed by atoms with van der Waals surface area (Å²) in [6, 6.07) is 12.6. The lowest BCUT2D eigenvalue weighted by atomic mass is 10.1. The SMILES string of the molecule is Cc1cc(C(=O)NC2CCCNC2)c(C)n1Cc1ccccc1. The molecule has 1 aliphatic rings. The zero-order valence-corrected chi connectivity index (χ0v) is 13.9. The number of amides is 1. The van der Waals surface area contributed by atoms with Gasteiger partial charge >= 0.3 is 0 Å². The molecule has 23 heavy (non-hydrogen) atoms. The van der Waals surface area contributed by atoms with Gasteiger partial charge in [-0.15, -0.1) is 0 Å². The van der Waals surface area contributed by atoms with Crippen molar-refractivity contribution >= 4 is 5.91 Å². The van der Waals surface area contributed by atoms with Crippen molar-refractivity contribution in [1.29, 1.82) is 0 Å². The van der Waals surface area contributed by atoms with E-state index in [1.54, 1.807) is 0 Å². The Morgan fingerprint density at radius 1 is 1.30 bits per heavy atom. The number of nitrogens with zero attached hydrogens (tertiary/aromatic N) is 1. The molecule has 2 heterocycles. The molecule has 0 saturated carbocycles. The van der Waals surface area contributed by atoms with E-state index in [0.29, 0.717) is 0 Å². The maximum Gasteiger partial charge on any atom is 0.253 e. The molecule has 1 fully saturated rings. The Hall–Kier alpha value is -2.07. The van der Waals surface area contributed by atoms with Gasteiger partial charge in [-0.05, 0) is 44.9 Å². The van der Waals surface area contributed by atoms with Gasteiger partial charge in [0, 0.05) is 30.5 Å². The molecule has 0 radical (unpaired) electrons. The van der Waals surface area contributed by atoms with Crippen LogP contribution < -0.4 is 10.6 Å². The molecule has 1 atom stereocenters. The maximum absolute atomic E-state index is 12.6. The van der Waals surface area contributed by atoms with Crippen LogP contribution in [-0.4, -0.2) is 29.6 Å². The highest BCUT2D eigenvalue weighted by atomic mass is 16.1. The van der Waals surface area contributed by atoms with Crippen LogP contribution in [0.15, 0.2) is 36.4 Å². The largest absolute Gasteiger partial charge is 0.348 e. The fourth-order valence-electron chi connectivity index (χ4n) is 3.28. The first-order valence-electron chi connectivity index (χ1n) is 8.37. The Kier molecular flexibility index (Phi) is 4.82. The minimum Gasteiger partial charge on any atom is -0.348 e. The molecule has 2 aromatic rings. The first kappa shape index (κ1) is 15.8. The summed E-state index contributed by atoms with van der Waals surface area (Å²) in [6.45, 7) is 6.82. The van der Waals surface area contributed by atoms with Gasteiger partial charge in [0.05, 0.1) is 5.56 Å². The third-order valence-electron chi connectivity index (χ3n) is 4.63. The van der Waals surface area contributed by atoms with Crippen LogP contribution in [0.25, 0.3) is 0 Å². The summed E-state index contributed by atoms with van der Waals surface area (Å²) in [7, 11) is 0. The van der Waals surface area contributed by atoms with Gasteiger partial charge in [0.25, 0.3) is 5.91 Å². The van der Waals surface area contributed by atoms with Crippen LogP contribution >= 0.6 is 0 Å². The summed E-state index contributed by atoms with van der Waals surface area (Å²) in [4.78, 5) is 12.6. The van der Waals surface area contributed by atoms with E-state index in [0.717, 1.165) is 49.4 Å². The summed E-state index contributed by atoms with van der Waals surface area (Å²) in [5, 5.41) is 6.50.